The summed E-state index contributed by atoms with van der Waals surface area (Å²) in [5.74, 6) is 3.67. The summed E-state index contributed by atoms with van der Waals surface area (Å²) in [5.41, 5.74) is 0. The Kier molecular flexibility index (Phi) is 8.36. The number of ether oxygens (including phenoxy) is 1. The largest absolute Gasteiger partial charge is 0.469 e. The van der Waals surface area contributed by atoms with Gasteiger partial charge in [0, 0.05) is 32.5 Å². The second-order valence-electron chi connectivity index (χ2n) is 6.12. The fraction of sp³-hybridized carbons (Fsp3) is 0.588. The smallest absolute Gasteiger partial charge is 0.191 e. The second kappa shape index (κ2) is 10.5. The highest BCUT2D eigenvalue weighted by molar-refractivity contribution is 14.0. The van der Waals surface area contributed by atoms with Gasteiger partial charge in [-0.1, -0.05) is 0 Å². The average Bonchev–Trinajstić information content (AvgIpc) is 3.23. The molecule has 1 unspecified atom stereocenters. The number of aliphatic imine (C=N–C) groups is 1. The topological polar surface area (TPSA) is 89.5 Å². The average molecular weight is 474 g/mol. The van der Waals surface area contributed by atoms with Gasteiger partial charge in [-0.3, -0.25) is 4.99 Å². The van der Waals surface area contributed by atoms with Crippen LogP contribution in [0.3, 0.4) is 0 Å². The van der Waals surface area contributed by atoms with E-state index in [4.69, 9.17) is 9.15 Å². The van der Waals surface area contributed by atoms with Gasteiger partial charge < -0.3 is 19.8 Å². The summed E-state index contributed by atoms with van der Waals surface area (Å²) in [6.07, 6.45) is 4.45. The summed E-state index contributed by atoms with van der Waals surface area (Å²) >= 11 is 0. The third-order valence-corrected chi connectivity index (χ3v) is 4.11. The molecule has 1 atom stereocenters. The third-order valence-electron chi connectivity index (χ3n) is 4.11. The van der Waals surface area contributed by atoms with Gasteiger partial charge in [-0.05, 0) is 25.5 Å². The van der Waals surface area contributed by atoms with E-state index in [-0.39, 0.29) is 30.0 Å². The number of guanidine groups is 1. The zero-order valence-electron chi connectivity index (χ0n) is 15.3. The molecule has 0 radical (unpaired) electrons. The van der Waals surface area contributed by atoms with Crippen LogP contribution in [0, 0.1) is 6.92 Å². The molecule has 0 amide bonds. The molecule has 0 spiro atoms. The van der Waals surface area contributed by atoms with E-state index in [1.54, 1.807) is 13.4 Å². The van der Waals surface area contributed by atoms with E-state index in [9.17, 15) is 0 Å². The third kappa shape index (κ3) is 5.97. The molecule has 2 N–H and O–H groups in total. The van der Waals surface area contributed by atoms with Crippen molar-refractivity contribution in [2.45, 2.75) is 38.8 Å². The molecule has 3 rings (SSSR count). The number of furan rings is 1. The van der Waals surface area contributed by atoms with Gasteiger partial charge in [-0.2, -0.15) is 5.10 Å². The molecule has 2 aromatic heterocycles. The van der Waals surface area contributed by atoms with Crippen LogP contribution in [0.25, 0.3) is 0 Å². The number of nitrogens with zero attached hydrogens (tertiary/aromatic N) is 4. The summed E-state index contributed by atoms with van der Waals surface area (Å²) < 4.78 is 12.5. The van der Waals surface area contributed by atoms with Crippen LogP contribution in [0.2, 0.25) is 0 Å². The number of aromatic nitrogens is 3. The number of hydrogen-bond donors (Lipinski definition) is 2. The second-order valence-corrected chi connectivity index (χ2v) is 6.12. The van der Waals surface area contributed by atoms with Crippen LogP contribution in [0.15, 0.2) is 27.8 Å². The molecule has 1 aliphatic heterocycles. The van der Waals surface area contributed by atoms with Gasteiger partial charge in [-0.25, -0.2) is 9.67 Å². The Balaban J connectivity index is 0.00000243. The Bertz CT molecular complexity index is 685. The van der Waals surface area contributed by atoms with E-state index in [0.29, 0.717) is 13.2 Å². The fourth-order valence-corrected chi connectivity index (χ4v) is 2.91. The van der Waals surface area contributed by atoms with Gasteiger partial charge in [0.05, 0.1) is 26.0 Å². The SMILES string of the molecule is COCCN=C(NCCc1ccco1)NC1CCc2nc(C)nn2C1.I. The molecule has 0 fully saturated rings. The van der Waals surface area contributed by atoms with Crippen molar-refractivity contribution in [1.82, 2.24) is 25.4 Å². The maximum absolute atomic E-state index is 5.37. The normalized spacial score (nSPS) is 16.7. The zero-order chi connectivity index (χ0) is 17.5. The Morgan fingerprint density at radius 2 is 2.38 bits per heavy atom. The molecular weight excluding hydrogens is 447 g/mol. The van der Waals surface area contributed by atoms with Crippen molar-refractivity contribution < 1.29 is 9.15 Å². The summed E-state index contributed by atoms with van der Waals surface area (Å²) in [6, 6.07) is 4.17. The number of nitrogens with one attached hydrogen (secondary N) is 2. The van der Waals surface area contributed by atoms with Crippen LogP contribution in [0.4, 0.5) is 0 Å². The van der Waals surface area contributed by atoms with Crippen LogP contribution in [-0.2, 0) is 24.1 Å². The van der Waals surface area contributed by atoms with Crippen molar-refractivity contribution in [2.75, 3.05) is 26.8 Å². The lowest BCUT2D eigenvalue weighted by molar-refractivity contribution is 0.207. The summed E-state index contributed by atoms with van der Waals surface area (Å²) in [7, 11) is 1.68. The highest BCUT2D eigenvalue weighted by Gasteiger charge is 2.21. The summed E-state index contributed by atoms with van der Waals surface area (Å²) in [6.45, 7) is 4.71. The molecule has 0 saturated heterocycles. The van der Waals surface area contributed by atoms with Crippen LogP contribution in [0.5, 0.6) is 0 Å². The van der Waals surface area contributed by atoms with Crippen molar-refractivity contribution in [3.63, 3.8) is 0 Å². The van der Waals surface area contributed by atoms with E-state index in [0.717, 1.165) is 55.7 Å². The highest BCUT2D eigenvalue weighted by Crippen LogP contribution is 2.12. The first-order valence-corrected chi connectivity index (χ1v) is 8.71. The van der Waals surface area contributed by atoms with Gasteiger partial charge in [0.2, 0.25) is 0 Å². The lowest BCUT2D eigenvalue weighted by Gasteiger charge is -2.25. The lowest BCUT2D eigenvalue weighted by Crippen LogP contribution is -2.47. The van der Waals surface area contributed by atoms with Gasteiger partial charge in [0.15, 0.2) is 5.96 Å². The quantitative estimate of drug-likeness (QED) is 0.274. The molecule has 3 heterocycles. The number of halogens is 1. The Labute approximate surface area is 170 Å². The van der Waals surface area contributed by atoms with Crippen LogP contribution < -0.4 is 10.6 Å². The molecule has 2 aromatic rings. The number of methoxy groups -OCH3 is 1. The predicted molar refractivity (Wildman–Crippen MR) is 110 cm³/mol. The van der Waals surface area contributed by atoms with Crippen molar-refractivity contribution in [3.8, 4) is 0 Å². The molecule has 0 aromatic carbocycles. The van der Waals surface area contributed by atoms with E-state index < -0.39 is 0 Å². The van der Waals surface area contributed by atoms with E-state index in [2.05, 4.69) is 25.7 Å². The Hall–Kier alpha value is -1.62. The number of fused-ring (bicyclic) bond motifs is 1. The molecule has 9 heteroatoms. The van der Waals surface area contributed by atoms with Gasteiger partial charge in [0.1, 0.15) is 17.4 Å². The minimum absolute atomic E-state index is 0. The molecule has 0 bridgehead atoms. The monoisotopic (exact) mass is 474 g/mol. The molecule has 0 saturated carbocycles. The lowest BCUT2D eigenvalue weighted by atomic mass is 10.1. The molecule has 144 valence electrons. The Morgan fingerprint density at radius 1 is 1.50 bits per heavy atom. The first kappa shape index (κ1) is 20.7. The summed E-state index contributed by atoms with van der Waals surface area (Å²) in [5, 5.41) is 11.3. The number of hydrogen-bond acceptors (Lipinski definition) is 5. The van der Waals surface area contributed by atoms with Crippen LogP contribution in [0.1, 0.15) is 23.8 Å². The van der Waals surface area contributed by atoms with Crippen molar-refractivity contribution in [3.05, 3.63) is 35.8 Å². The molecule has 0 aliphatic carbocycles. The number of aryl methyl sites for hydroxylation is 2. The first-order chi connectivity index (χ1) is 12.2. The summed E-state index contributed by atoms with van der Waals surface area (Å²) in [4.78, 5) is 9.04. The highest BCUT2D eigenvalue weighted by atomic mass is 127. The molecular formula is C17H27IN6O2. The zero-order valence-corrected chi connectivity index (χ0v) is 17.6. The van der Waals surface area contributed by atoms with E-state index >= 15 is 0 Å². The first-order valence-electron chi connectivity index (χ1n) is 8.71. The minimum Gasteiger partial charge on any atom is -0.469 e. The minimum atomic E-state index is 0. The maximum Gasteiger partial charge on any atom is 0.191 e. The molecule has 1 aliphatic rings. The standard InChI is InChI=1S/C17H26N6O2.HI/c1-13-20-16-6-5-14(12-23(16)22-13)21-17(19-9-11-24-2)18-8-7-15-4-3-10-25-15;/h3-4,10,14H,5-9,11-12H2,1-2H3,(H2,18,19,21);1H. The van der Waals surface area contributed by atoms with E-state index in [1.165, 1.54) is 0 Å². The van der Waals surface area contributed by atoms with Crippen LogP contribution >= 0.6 is 24.0 Å². The number of rotatable bonds is 7. The van der Waals surface area contributed by atoms with Gasteiger partial charge >= 0.3 is 0 Å². The van der Waals surface area contributed by atoms with Crippen molar-refractivity contribution in [1.29, 1.82) is 0 Å². The van der Waals surface area contributed by atoms with E-state index in [1.807, 2.05) is 23.7 Å². The Morgan fingerprint density at radius 3 is 3.15 bits per heavy atom. The van der Waals surface area contributed by atoms with Crippen molar-refractivity contribution in [2.24, 2.45) is 4.99 Å². The fourth-order valence-electron chi connectivity index (χ4n) is 2.91. The van der Waals surface area contributed by atoms with Crippen molar-refractivity contribution >= 4 is 29.9 Å². The predicted octanol–water partition coefficient (Wildman–Crippen LogP) is 1.54. The van der Waals surface area contributed by atoms with Crippen LogP contribution in [-0.4, -0.2) is 53.6 Å². The molecule has 26 heavy (non-hydrogen) atoms. The van der Waals surface area contributed by atoms with Gasteiger partial charge in [0.25, 0.3) is 0 Å². The van der Waals surface area contributed by atoms with Gasteiger partial charge in [-0.15, -0.1) is 24.0 Å². The maximum atomic E-state index is 5.37. The molecule has 8 nitrogen and oxygen atoms in total.